The highest BCUT2D eigenvalue weighted by molar-refractivity contribution is 5.76. The van der Waals surface area contributed by atoms with Crippen LogP contribution < -0.4 is 10.3 Å². The van der Waals surface area contributed by atoms with Crippen LogP contribution in [0.1, 0.15) is 38.1 Å². The Kier molecular flexibility index (Phi) is 3.53. The van der Waals surface area contributed by atoms with Gasteiger partial charge in [-0.2, -0.15) is 10.1 Å². The second kappa shape index (κ2) is 5.83. The lowest BCUT2D eigenvalue weighted by molar-refractivity contribution is 0.328. The van der Waals surface area contributed by atoms with Crippen LogP contribution in [0.25, 0.3) is 10.9 Å². The first-order valence-electron chi connectivity index (χ1n) is 7.86. The van der Waals surface area contributed by atoms with E-state index in [4.69, 9.17) is 4.74 Å². The van der Waals surface area contributed by atoms with Gasteiger partial charge in [-0.05, 0) is 18.9 Å². The van der Waals surface area contributed by atoms with Crippen LogP contribution in [0.3, 0.4) is 0 Å². The molecule has 0 amide bonds. The Morgan fingerprint density at radius 2 is 2.09 bits per heavy atom. The molecule has 23 heavy (non-hydrogen) atoms. The predicted octanol–water partition coefficient (Wildman–Crippen LogP) is 2.81. The highest BCUT2D eigenvalue weighted by Gasteiger charge is 2.16. The lowest BCUT2D eigenvalue weighted by atomic mass is 9.96. The first-order chi connectivity index (χ1) is 11.3. The highest BCUT2D eigenvalue weighted by Crippen LogP contribution is 2.29. The quantitative estimate of drug-likeness (QED) is 0.804. The molecule has 0 aliphatic heterocycles. The van der Waals surface area contributed by atoms with Crippen LogP contribution in [0.5, 0.6) is 11.8 Å². The maximum Gasteiger partial charge on any atom is 0.302 e. The molecule has 0 radical (unpaired) electrons. The first kappa shape index (κ1) is 13.9. The third kappa shape index (κ3) is 2.81. The van der Waals surface area contributed by atoms with Crippen molar-refractivity contribution in [3.05, 3.63) is 41.2 Å². The summed E-state index contributed by atoms with van der Waals surface area (Å²) in [6.07, 6.45) is 12.7. The van der Waals surface area contributed by atoms with Crippen molar-refractivity contribution >= 4 is 10.9 Å². The van der Waals surface area contributed by atoms with Crippen molar-refractivity contribution in [2.24, 2.45) is 0 Å². The van der Waals surface area contributed by atoms with Crippen molar-refractivity contribution in [1.82, 2.24) is 24.7 Å². The van der Waals surface area contributed by atoms with Crippen LogP contribution in [0.2, 0.25) is 0 Å². The standard InChI is InChI=1S/C16H17N5O2/c22-15-13-6-7-17-9-14(13)19-16(20-15)23-12-8-18-21(10-12)11-4-2-1-3-5-11/h6-11H,1-5H2,(H,19,20,22). The van der Waals surface area contributed by atoms with E-state index in [1.54, 1.807) is 24.7 Å². The number of hydrogen-bond donors (Lipinski definition) is 1. The van der Waals surface area contributed by atoms with Crippen molar-refractivity contribution in [2.75, 3.05) is 0 Å². The summed E-state index contributed by atoms with van der Waals surface area (Å²) in [6.45, 7) is 0. The van der Waals surface area contributed by atoms with Gasteiger partial charge in [-0.25, -0.2) is 0 Å². The van der Waals surface area contributed by atoms with Gasteiger partial charge in [0.1, 0.15) is 0 Å². The van der Waals surface area contributed by atoms with E-state index in [2.05, 4.69) is 20.1 Å². The van der Waals surface area contributed by atoms with Gasteiger partial charge in [0.05, 0.1) is 35.5 Å². The van der Waals surface area contributed by atoms with E-state index < -0.39 is 0 Å². The number of nitrogens with one attached hydrogen (secondary N) is 1. The van der Waals surface area contributed by atoms with Crippen molar-refractivity contribution in [3.8, 4) is 11.8 Å². The lowest BCUT2D eigenvalue weighted by Crippen LogP contribution is -2.12. The lowest BCUT2D eigenvalue weighted by Gasteiger charge is -2.21. The van der Waals surface area contributed by atoms with Gasteiger partial charge < -0.3 is 4.74 Å². The minimum atomic E-state index is -0.243. The van der Waals surface area contributed by atoms with E-state index in [0.717, 1.165) is 12.8 Å². The molecule has 1 fully saturated rings. The fourth-order valence-electron chi connectivity index (χ4n) is 3.05. The Balaban J connectivity index is 1.58. The molecule has 1 aliphatic carbocycles. The smallest absolute Gasteiger partial charge is 0.302 e. The van der Waals surface area contributed by atoms with Gasteiger partial charge in [0.25, 0.3) is 5.56 Å². The molecule has 0 spiro atoms. The number of aromatic amines is 1. The summed E-state index contributed by atoms with van der Waals surface area (Å²) < 4.78 is 7.61. The highest BCUT2D eigenvalue weighted by atomic mass is 16.5. The van der Waals surface area contributed by atoms with Gasteiger partial charge in [0.2, 0.25) is 0 Å². The van der Waals surface area contributed by atoms with Crippen LogP contribution in [0, 0.1) is 0 Å². The monoisotopic (exact) mass is 311 g/mol. The van der Waals surface area contributed by atoms with Crippen molar-refractivity contribution in [1.29, 1.82) is 0 Å². The Bertz CT molecular complexity index is 879. The zero-order valence-electron chi connectivity index (χ0n) is 12.6. The van der Waals surface area contributed by atoms with E-state index >= 15 is 0 Å². The fourth-order valence-corrected chi connectivity index (χ4v) is 3.05. The molecule has 0 bridgehead atoms. The summed E-state index contributed by atoms with van der Waals surface area (Å²) in [5, 5.41) is 4.87. The average molecular weight is 311 g/mol. The number of rotatable bonds is 3. The van der Waals surface area contributed by atoms with E-state index in [1.165, 1.54) is 19.3 Å². The topological polar surface area (TPSA) is 85.7 Å². The van der Waals surface area contributed by atoms with Gasteiger partial charge >= 0.3 is 6.01 Å². The van der Waals surface area contributed by atoms with E-state index in [9.17, 15) is 4.79 Å². The Hall–Kier alpha value is -2.70. The molecule has 3 heterocycles. The maximum absolute atomic E-state index is 12.0. The van der Waals surface area contributed by atoms with E-state index in [0.29, 0.717) is 22.7 Å². The number of ether oxygens (including phenoxy) is 1. The molecule has 3 aromatic rings. The Morgan fingerprint density at radius 1 is 1.22 bits per heavy atom. The zero-order chi connectivity index (χ0) is 15.6. The number of nitrogens with zero attached hydrogens (tertiary/aromatic N) is 4. The summed E-state index contributed by atoms with van der Waals surface area (Å²) in [7, 11) is 0. The van der Waals surface area contributed by atoms with Crippen LogP contribution in [0.4, 0.5) is 0 Å². The molecule has 1 saturated carbocycles. The molecular weight excluding hydrogens is 294 g/mol. The van der Waals surface area contributed by atoms with Gasteiger partial charge in [0.15, 0.2) is 5.75 Å². The molecule has 7 heteroatoms. The number of pyridine rings is 1. The molecule has 1 aliphatic rings. The molecule has 0 aromatic carbocycles. The summed E-state index contributed by atoms with van der Waals surface area (Å²) in [4.78, 5) is 22.9. The molecule has 118 valence electrons. The van der Waals surface area contributed by atoms with Crippen LogP contribution in [-0.2, 0) is 0 Å². The fraction of sp³-hybridized carbons (Fsp3) is 0.375. The Morgan fingerprint density at radius 3 is 2.96 bits per heavy atom. The second-order valence-electron chi connectivity index (χ2n) is 5.81. The minimum absolute atomic E-state index is 0.152. The summed E-state index contributed by atoms with van der Waals surface area (Å²) in [6, 6.07) is 2.22. The van der Waals surface area contributed by atoms with Gasteiger partial charge in [-0.1, -0.05) is 19.3 Å². The third-order valence-electron chi connectivity index (χ3n) is 4.23. The molecule has 0 atom stereocenters. The summed E-state index contributed by atoms with van der Waals surface area (Å²) >= 11 is 0. The van der Waals surface area contributed by atoms with Crippen LogP contribution in [0.15, 0.2) is 35.6 Å². The summed E-state index contributed by atoms with van der Waals surface area (Å²) in [5.74, 6) is 0.571. The second-order valence-corrected chi connectivity index (χ2v) is 5.81. The Labute approximate surface area is 132 Å². The largest absolute Gasteiger partial charge is 0.422 e. The zero-order valence-corrected chi connectivity index (χ0v) is 12.6. The molecule has 7 nitrogen and oxygen atoms in total. The molecule has 1 N–H and O–H groups in total. The molecule has 3 aromatic heterocycles. The average Bonchev–Trinajstić information content (AvgIpc) is 3.04. The predicted molar refractivity (Wildman–Crippen MR) is 84.6 cm³/mol. The summed E-state index contributed by atoms with van der Waals surface area (Å²) in [5.41, 5.74) is 0.262. The van der Waals surface area contributed by atoms with E-state index in [1.807, 2.05) is 10.9 Å². The van der Waals surface area contributed by atoms with Gasteiger partial charge in [-0.3, -0.25) is 19.4 Å². The number of fused-ring (bicyclic) bond motifs is 1. The number of aromatic nitrogens is 5. The number of H-pyrrole nitrogens is 1. The van der Waals surface area contributed by atoms with Crippen LogP contribution >= 0.6 is 0 Å². The van der Waals surface area contributed by atoms with Gasteiger partial charge in [0, 0.05) is 6.20 Å². The first-order valence-corrected chi connectivity index (χ1v) is 7.86. The molecule has 0 saturated heterocycles. The SMILES string of the molecule is O=c1[nH]c(Oc2cnn(C3CCCCC3)c2)nc2cnccc12. The van der Waals surface area contributed by atoms with Crippen molar-refractivity contribution in [3.63, 3.8) is 0 Å². The molecular formula is C16H17N5O2. The van der Waals surface area contributed by atoms with Crippen LogP contribution in [-0.4, -0.2) is 24.7 Å². The van der Waals surface area contributed by atoms with E-state index in [-0.39, 0.29) is 11.6 Å². The number of hydrogen-bond acceptors (Lipinski definition) is 5. The van der Waals surface area contributed by atoms with Crippen molar-refractivity contribution in [2.45, 2.75) is 38.1 Å². The minimum Gasteiger partial charge on any atom is -0.422 e. The third-order valence-corrected chi connectivity index (χ3v) is 4.23. The van der Waals surface area contributed by atoms with Gasteiger partial charge in [-0.15, -0.1) is 0 Å². The molecule has 0 unspecified atom stereocenters. The van der Waals surface area contributed by atoms with Crippen molar-refractivity contribution < 1.29 is 4.74 Å². The molecule has 4 rings (SSSR count). The normalized spacial score (nSPS) is 15.8. The maximum atomic E-state index is 12.0.